The molecule has 0 radical (unpaired) electrons. The SMILES string of the molecule is COCCN(C)S(=O)(=O)C1CCCN(Cc2cn[nH]c2C)C1. The van der Waals surface area contributed by atoms with Crippen LogP contribution in [0.25, 0.3) is 0 Å². The minimum absolute atomic E-state index is 0.338. The van der Waals surface area contributed by atoms with Crippen LogP contribution in [0.3, 0.4) is 0 Å². The molecule has 0 amide bonds. The second kappa shape index (κ2) is 7.54. The lowest BCUT2D eigenvalue weighted by Crippen LogP contribution is -2.47. The maximum Gasteiger partial charge on any atom is 0.218 e. The Hall–Kier alpha value is -0.960. The number of nitrogens with zero attached hydrogens (tertiary/aromatic N) is 3. The van der Waals surface area contributed by atoms with Crippen LogP contribution in [0, 0.1) is 6.92 Å². The third-order valence-electron chi connectivity index (χ3n) is 4.26. The van der Waals surface area contributed by atoms with Gasteiger partial charge in [0.2, 0.25) is 10.0 Å². The molecule has 1 unspecified atom stereocenters. The van der Waals surface area contributed by atoms with Crippen molar-refractivity contribution in [2.45, 2.75) is 31.6 Å². The molecular weight excluding hydrogens is 304 g/mol. The molecule has 1 fully saturated rings. The molecule has 2 rings (SSSR count). The molecule has 1 N–H and O–H groups in total. The van der Waals surface area contributed by atoms with Gasteiger partial charge in [0.25, 0.3) is 0 Å². The van der Waals surface area contributed by atoms with Crippen molar-refractivity contribution in [3.8, 4) is 0 Å². The molecule has 1 aliphatic rings. The topological polar surface area (TPSA) is 78.5 Å². The van der Waals surface area contributed by atoms with Crippen molar-refractivity contribution >= 4 is 10.0 Å². The van der Waals surface area contributed by atoms with Crippen LogP contribution in [-0.4, -0.2) is 73.5 Å². The van der Waals surface area contributed by atoms with E-state index in [1.54, 1.807) is 14.2 Å². The zero-order valence-corrected chi connectivity index (χ0v) is 14.4. The largest absolute Gasteiger partial charge is 0.383 e. The zero-order chi connectivity index (χ0) is 16.2. The maximum atomic E-state index is 12.6. The van der Waals surface area contributed by atoms with Gasteiger partial charge in [0.1, 0.15) is 0 Å². The molecule has 1 aromatic rings. The summed E-state index contributed by atoms with van der Waals surface area (Å²) in [5.41, 5.74) is 2.17. The summed E-state index contributed by atoms with van der Waals surface area (Å²) in [6.45, 7) is 5.05. The van der Waals surface area contributed by atoms with Crippen molar-refractivity contribution in [1.82, 2.24) is 19.4 Å². The number of hydrogen-bond acceptors (Lipinski definition) is 5. The molecule has 7 nitrogen and oxygen atoms in total. The van der Waals surface area contributed by atoms with Crippen LogP contribution in [0.5, 0.6) is 0 Å². The van der Waals surface area contributed by atoms with E-state index in [1.165, 1.54) is 4.31 Å². The van der Waals surface area contributed by atoms with Crippen LogP contribution in [0.1, 0.15) is 24.1 Å². The number of ether oxygens (including phenoxy) is 1. The van der Waals surface area contributed by atoms with E-state index in [0.717, 1.165) is 37.2 Å². The average molecular weight is 330 g/mol. The standard InChI is InChI=1S/C14H26N4O3S/c1-12-13(9-15-16-12)10-18-6-4-5-14(11-18)22(19,20)17(2)7-8-21-3/h9,14H,4-8,10-11H2,1-3H3,(H,15,16). The van der Waals surface area contributed by atoms with Crippen molar-refractivity contribution < 1.29 is 13.2 Å². The van der Waals surface area contributed by atoms with Gasteiger partial charge in [-0.3, -0.25) is 10.00 Å². The molecule has 1 aromatic heterocycles. The number of hydrogen-bond donors (Lipinski definition) is 1. The summed E-state index contributed by atoms with van der Waals surface area (Å²) in [4.78, 5) is 2.20. The number of methoxy groups -OCH3 is 1. The van der Waals surface area contributed by atoms with Crippen molar-refractivity contribution in [3.63, 3.8) is 0 Å². The maximum absolute atomic E-state index is 12.6. The molecule has 22 heavy (non-hydrogen) atoms. The summed E-state index contributed by atoms with van der Waals surface area (Å²) in [6.07, 6.45) is 3.44. The number of likely N-dealkylation sites (N-methyl/N-ethyl adjacent to an activating group) is 1. The van der Waals surface area contributed by atoms with Gasteiger partial charge in [0.15, 0.2) is 0 Å². The highest BCUT2D eigenvalue weighted by Gasteiger charge is 2.33. The van der Waals surface area contributed by atoms with Crippen molar-refractivity contribution in [3.05, 3.63) is 17.5 Å². The second-order valence-corrected chi connectivity index (χ2v) is 8.20. The van der Waals surface area contributed by atoms with Gasteiger partial charge in [0, 0.05) is 45.0 Å². The van der Waals surface area contributed by atoms with E-state index in [1.807, 2.05) is 13.1 Å². The van der Waals surface area contributed by atoms with E-state index in [0.29, 0.717) is 19.7 Å². The fourth-order valence-electron chi connectivity index (χ4n) is 2.78. The number of nitrogens with one attached hydrogen (secondary N) is 1. The number of aromatic nitrogens is 2. The molecule has 0 aromatic carbocycles. The van der Waals surface area contributed by atoms with Crippen molar-refractivity contribution in [2.24, 2.45) is 0 Å². The molecule has 0 saturated carbocycles. The minimum atomic E-state index is -3.27. The lowest BCUT2D eigenvalue weighted by Gasteiger charge is -2.34. The van der Waals surface area contributed by atoms with E-state index in [9.17, 15) is 8.42 Å². The molecule has 1 aliphatic heterocycles. The summed E-state index contributed by atoms with van der Waals surface area (Å²) in [7, 11) is -0.0561. The van der Waals surface area contributed by atoms with Crippen LogP contribution in [0.4, 0.5) is 0 Å². The molecule has 1 atom stereocenters. The Morgan fingerprint density at radius 3 is 2.95 bits per heavy atom. The molecular formula is C14H26N4O3S. The van der Waals surface area contributed by atoms with Gasteiger partial charge in [-0.1, -0.05) is 0 Å². The quantitative estimate of drug-likeness (QED) is 0.792. The Morgan fingerprint density at radius 1 is 1.55 bits per heavy atom. The molecule has 0 spiro atoms. The first-order valence-corrected chi connectivity index (χ1v) is 9.10. The number of rotatable bonds is 7. The average Bonchev–Trinajstić information content (AvgIpc) is 2.90. The second-order valence-electron chi connectivity index (χ2n) is 5.88. The van der Waals surface area contributed by atoms with Gasteiger partial charge in [-0.05, 0) is 26.3 Å². The Kier molecular flexibility index (Phi) is 5.96. The number of aromatic amines is 1. The zero-order valence-electron chi connectivity index (χ0n) is 13.6. The fourth-order valence-corrected chi connectivity index (χ4v) is 4.48. The lowest BCUT2D eigenvalue weighted by molar-refractivity contribution is 0.182. The molecule has 2 heterocycles. The fraction of sp³-hybridized carbons (Fsp3) is 0.786. The van der Waals surface area contributed by atoms with Crippen LogP contribution >= 0.6 is 0 Å². The summed E-state index contributed by atoms with van der Waals surface area (Å²) in [5, 5.41) is 6.61. The van der Waals surface area contributed by atoms with E-state index in [-0.39, 0.29) is 5.25 Å². The molecule has 0 aliphatic carbocycles. The minimum Gasteiger partial charge on any atom is -0.383 e. The van der Waals surface area contributed by atoms with Crippen LogP contribution < -0.4 is 0 Å². The Bertz CT molecular complexity index is 572. The van der Waals surface area contributed by atoms with Crippen LogP contribution in [0.2, 0.25) is 0 Å². The number of aryl methyl sites for hydroxylation is 1. The third kappa shape index (κ3) is 4.07. The first-order chi connectivity index (χ1) is 10.4. The number of sulfonamides is 1. The van der Waals surface area contributed by atoms with E-state index in [4.69, 9.17) is 4.74 Å². The first kappa shape index (κ1) is 17.4. The van der Waals surface area contributed by atoms with Crippen molar-refractivity contribution in [1.29, 1.82) is 0 Å². The highest BCUT2D eigenvalue weighted by Crippen LogP contribution is 2.21. The van der Waals surface area contributed by atoms with Gasteiger partial charge in [-0.15, -0.1) is 0 Å². The van der Waals surface area contributed by atoms with Crippen LogP contribution in [-0.2, 0) is 21.3 Å². The van der Waals surface area contributed by atoms with Gasteiger partial charge < -0.3 is 4.74 Å². The van der Waals surface area contributed by atoms with Gasteiger partial charge in [-0.25, -0.2) is 12.7 Å². The van der Waals surface area contributed by atoms with E-state index in [2.05, 4.69) is 15.1 Å². The number of H-pyrrole nitrogens is 1. The summed E-state index contributed by atoms with van der Waals surface area (Å²) in [5.74, 6) is 0. The highest BCUT2D eigenvalue weighted by molar-refractivity contribution is 7.89. The summed E-state index contributed by atoms with van der Waals surface area (Å²) >= 11 is 0. The predicted octanol–water partition coefficient (Wildman–Crippen LogP) is 0.591. The Morgan fingerprint density at radius 2 is 2.32 bits per heavy atom. The van der Waals surface area contributed by atoms with E-state index < -0.39 is 10.0 Å². The summed E-state index contributed by atoms with van der Waals surface area (Å²) < 4.78 is 31.7. The number of likely N-dealkylation sites (tertiary alicyclic amines) is 1. The van der Waals surface area contributed by atoms with E-state index >= 15 is 0 Å². The Labute approximate surface area is 132 Å². The van der Waals surface area contributed by atoms with Crippen LogP contribution in [0.15, 0.2) is 6.20 Å². The van der Waals surface area contributed by atoms with Gasteiger partial charge in [-0.2, -0.15) is 5.10 Å². The summed E-state index contributed by atoms with van der Waals surface area (Å²) in [6, 6.07) is 0. The Balaban J connectivity index is 1.99. The highest BCUT2D eigenvalue weighted by atomic mass is 32.2. The molecule has 8 heteroatoms. The lowest BCUT2D eigenvalue weighted by atomic mass is 10.1. The smallest absolute Gasteiger partial charge is 0.218 e. The molecule has 1 saturated heterocycles. The third-order valence-corrected chi connectivity index (χ3v) is 6.54. The first-order valence-electron chi connectivity index (χ1n) is 7.60. The molecule has 126 valence electrons. The predicted molar refractivity (Wildman–Crippen MR) is 85.0 cm³/mol. The monoisotopic (exact) mass is 330 g/mol. The number of piperidine rings is 1. The van der Waals surface area contributed by atoms with Crippen molar-refractivity contribution in [2.75, 3.05) is 40.4 Å². The molecule has 0 bridgehead atoms. The van der Waals surface area contributed by atoms with Gasteiger partial charge in [0.05, 0.1) is 18.1 Å². The normalized spacial score (nSPS) is 20.6. The van der Waals surface area contributed by atoms with Gasteiger partial charge >= 0.3 is 0 Å².